The Morgan fingerprint density at radius 3 is 1.45 bits per heavy atom. The summed E-state index contributed by atoms with van der Waals surface area (Å²) in [5.41, 5.74) is 3.79. The zero-order valence-electron chi connectivity index (χ0n) is 18.1. The number of methoxy groups -OCH3 is 2. The maximum Gasteiger partial charge on any atom is 0.119 e. The first kappa shape index (κ1) is 20.8. The van der Waals surface area contributed by atoms with Crippen molar-refractivity contribution < 1.29 is 14.6 Å². The zero-order chi connectivity index (χ0) is 21.2. The van der Waals surface area contributed by atoms with Crippen LogP contribution in [-0.4, -0.2) is 19.3 Å². The topological polar surface area (TPSA) is 38.7 Å². The van der Waals surface area contributed by atoms with Crippen molar-refractivity contribution in [2.75, 3.05) is 14.2 Å². The van der Waals surface area contributed by atoms with Gasteiger partial charge >= 0.3 is 0 Å². The van der Waals surface area contributed by atoms with Gasteiger partial charge in [0.15, 0.2) is 0 Å². The highest BCUT2D eigenvalue weighted by atomic mass is 16.5. The molecular formula is C26H30O3. The van der Waals surface area contributed by atoms with Crippen molar-refractivity contribution in [3.05, 3.63) is 89.0 Å². The maximum absolute atomic E-state index is 10.7. The number of aromatic hydroxyl groups is 1. The average molecular weight is 391 g/mol. The molecule has 0 unspecified atom stereocenters. The summed E-state index contributed by atoms with van der Waals surface area (Å²) in [7, 11) is 3.34. The predicted octanol–water partition coefficient (Wildman–Crippen LogP) is 6.06. The molecule has 0 aliphatic rings. The lowest BCUT2D eigenvalue weighted by Crippen LogP contribution is -2.23. The average Bonchev–Trinajstić information content (AvgIpc) is 2.73. The molecule has 0 heterocycles. The van der Waals surface area contributed by atoms with Gasteiger partial charge in [-0.2, -0.15) is 0 Å². The van der Waals surface area contributed by atoms with Crippen molar-refractivity contribution in [1.29, 1.82) is 0 Å². The Bertz CT molecular complexity index is 968. The predicted molar refractivity (Wildman–Crippen MR) is 118 cm³/mol. The summed E-state index contributed by atoms with van der Waals surface area (Å²) in [5, 5.41) is 10.7. The summed E-state index contributed by atoms with van der Waals surface area (Å²) in [6, 6.07) is 22.1. The smallest absolute Gasteiger partial charge is 0.119 e. The van der Waals surface area contributed by atoms with Gasteiger partial charge in [-0.1, -0.05) is 64.1 Å². The summed E-state index contributed by atoms with van der Waals surface area (Å²) in [6.07, 6.45) is 0. The largest absolute Gasteiger partial charge is 0.508 e. The SMILES string of the molecule is COc1ccc(C(C)(C)c2ccc(O)c(C(C)(C)c3ccc(OC)cc3)c2)cc1. The number of ether oxygens (including phenoxy) is 2. The highest BCUT2D eigenvalue weighted by Crippen LogP contribution is 2.41. The van der Waals surface area contributed by atoms with Gasteiger partial charge in [0.25, 0.3) is 0 Å². The van der Waals surface area contributed by atoms with E-state index >= 15 is 0 Å². The van der Waals surface area contributed by atoms with Crippen LogP contribution < -0.4 is 9.47 Å². The van der Waals surface area contributed by atoms with E-state index in [9.17, 15) is 5.11 Å². The fourth-order valence-corrected chi connectivity index (χ4v) is 3.76. The Morgan fingerprint density at radius 1 is 0.586 bits per heavy atom. The number of hydrogen-bond donors (Lipinski definition) is 1. The molecule has 152 valence electrons. The monoisotopic (exact) mass is 390 g/mol. The number of benzene rings is 3. The van der Waals surface area contributed by atoms with Gasteiger partial charge in [-0.3, -0.25) is 0 Å². The van der Waals surface area contributed by atoms with Gasteiger partial charge in [0, 0.05) is 16.4 Å². The van der Waals surface area contributed by atoms with E-state index in [1.807, 2.05) is 30.3 Å². The van der Waals surface area contributed by atoms with Gasteiger partial charge in [0.1, 0.15) is 17.2 Å². The lowest BCUT2D eigenvalue weighted by atomic mass is 9.73. The molecular weight excluding hydrogens is 360 g/mol. The first-order chi connectivity index (χ1) is 13.7. The first-order valence-electron chi connectivity index (χ1n) is 9.83. The fourth-order valence-electron chi connectivity index (χ4n) is 3.76. The second kappa shape index (κ2) is 7.82. The molecule has 0 saturated carbocycles. The third kappa shape index (κ3) is 3.95. The van der Waals surface area contributed by atoms with E-state index in [2.05, 4.69) is 58.0 Å². The zero-order valence-corrected chi connectivity index (χ0v) is 18.1. The molecule has 3 nitrogen and oxygen atoms in total. The lowest BCUT2D eigenvalue weighted by Gasteiger charge is -2.31. The van der Waals surface area contributed by atoms with Gasteiger partial charge in [-0.15, -0.1) is 0 Å². The molecule has 29 heavy (non-hydrogen) atoms. The van der Waals surface area contributed by atoms with Crippen LogP contribution in [0.5, 0.6) is 17.2 Å². The Hall–Kier alpha value is -2.94. The highest BCUT2D eigenvalue weighted by molar-refractivity contribution is 5.51. The minimum atomic E-state index is -0.359. The van der Waals surface area contributed by atoms with E-state index in [-0.39, 0.29) is 10.8 Å². The summed E-state index contributed by atoms with van der Waals surface area (Å²) in [5.74, 6) is 1.97. The molecule has 3 heteroatoms. The van der Waals surface area contributed by atoms with Crippen LogP contribution in [0.25, 0.3) is 0 Å². The summed E-state index contributed by atoms with van der Waals surface area (Å²) < 4.78 is 10.6. The fraction of sp³-hybridized carbons (Fsp3) is 0.308. The van der Waals surface area contributed by atoms with Crippen LogP contribution >= 0.6 is 0 Å². The highest BCUT2D eigenvalue weighted by Gasteiger charge is 2.30. The van der Waals surface area contributed by atoms with Crippen LogP contribution in [0.1, 0.15) is 49.9 Å². The first-order valence-corrected chi connectivity index (χ1v) is 9.83. The molecule has 0 amide bonds. The van der Waals surface area contributed by atoms with Gasteiger partial charge in [0.05, 0.1) is 14.2 Å². The van der Waals surface area contributed by atoms with Gasteiger partial charge in [-0.05, 0) is 47.0 Å². The molecule has 0 fully saturated rings. The van der Waals surface area contributed by atoms with Crippen LogP contribution in [0.15, 0.2) is 66.7 Å². The second-order valence-corrected chi connectivity index (χ2v) is 8.44. The van der Waals surface area contributed by atoms with Crippen LogP contribution in [0.4, 0.5) is 0 Å². The minimum absolute atomic E-state index is 0.218. The standard InChI is InChI=1S/C26H30O3/c1-25(2,18-7-12-21(28-5)13-8-18)20-11-16-24(27)23(17-20)26(3,4)19-9-14-22(29-6)15-10-19/h7-17,27H,1-6H3. The summed E-state index contributed by atoms with van der Waals surface area (Å²) in [4.78, 5) is 0. The number of rotatable bonds is 6. The molecule has 0 aromatic heterocycles. The quantitative estimate of drug-likeness (QED) is 0.556. The molecule has 0 atom stereocenters. The molecule has 3 aromatic carbocycles. The van der Waals surface area contributed by atoms with Crippen molar-refractivity contribution in [2.24, 2.45) is 0 Å². The minimum Gasteiger partial charge on any atom is -0.508 e. The van der Waals surface area contributed by atoms with E-state index in [4.69, 9.17) is 9.47 Å². The number of phenols is 1. The van der Waals surface area contributed by atoms with E-state index in [0.717, 1.165) is 28.2 Å². The Kier molecular flexibility index (Phi) is 5.61. The van der Waals surface area contributed by atoms with Crippen LogP contribution in [-0.2, 0) is 10.8 Å². The Balaban J connectivity index is 2.04. The van der Waals surface area contributed by atoms with E-state index < -0.39 is 0 Å². The molecule has 0 saturated heterocycles. The van der Waals surface area contributed by atoms with Gasteiger partial charge in [-0.25, -0.2) is 0 Å². The Morgan fingerprint density at radius 2 is 1.00 bits per heavy atom. The van der Waals surface area contributed by atoms with Crippen molar-refractivity contribution in [3.8, 4) is 17.2 Å². The number of hydrogen-bond acceptors (Lipinski definition) is 3. The van der Waals surface area contributed by atoms with E-state index in [0.29, 0.717) is 5.75 Å². The van der Waals surface area contributed by atoms with Crippen LogP contribution in [0.2, 0.25) is 0 Å². The molecule has 1 N–H and O–H groups in total. The third-order valence-electron chi connectivity index (χ3n) is 6.01. The third-order valence-corrected chi connectivity index (χ3v) is 6.01. The molecule has 3 aromatic rings. The maximum atomic E-state index is 10.7. The van der Waals surface area contributed by atoms with Gasteiger partial charge < -0.3 is 14.6 Å². The molecule has 0 radical (unpaired) electrons. The van der Waals surface area contributed by atoms with Gasteiger partial charge in [0.2, 0.25) is 0 Å². The summed E-state index contributed by atoms with van der Waals surface area (Å²) >= 11 is 0. The van der Waals surface area contributed by atoms with E-state index in [1.165, 1.54) is 5.56 Å². The van der Waals surface area contributed by atoms with Crippen molar-refractivity contribution in [2.45, 2.75) is 38.5 Å². The molecule has 0 spiro atoms. The molecule has 3 rings (SSSR count). The van der Waals surface area contributed by atoms with Crippen LogP contribution in [0.3, 0.4) is 0 Å². The number of phenolic OH excluding ortho intramolecular Hbond substituents is 1. The molecule has 0 bridgehead atoms. The Labute approximate surface area is 173 Å². The van der Waals surface area contributed by atoms with E-state index in [1.54, 1.807) is 20.3 Å². The normalized spacial score (nSPS) is 11.9. The van der Waals surface area contributed by atoms with Crippen LogP contribution in [0, 0.1) is 0 Å². The van der Waals surface area contributed by atoms with Crippen molar-refractivity contribution >= 4 is 0 Å². The lowest BCUT2D eigenvalue weighted by molar-refractivity contribution is 0.414. The van der Waals surface area contributed by atoms with Crippen molar-refractivity contribution in [3.63, 3.8) is 0 Å². The molecule has 0 aliphatic heterocycles. The summed E-state index contributed by atoms with van der Waals surface area (Å²) in [6.45, 7) is 8.67. The molecule has 0 aliphatic carbocycles. The second-order valence-electron chi connectivity index (χ2n) is 8.44. The van der Waals surface area contributed by atoms with Crippen molar-refractivity contribution in [1.82, 2.24) is 0 Å².